The molecule has 0 unspecified atom stereocenters. The molecule has 6 nitrogen and oxygen atoms in total. The zero-order valence-electron chi connectivity index (χ0n) is 13.1. The molecule has 1 aromatic rings. The van der Waals surface area contributed by atoms with Crippen LogP contribution in [0.25, 0.3) is 0 Å². The number of hydrogen-bond donors (Lipinski definition) is 0. The molecular weight excluding hydrogens is 268 g/mol. The molecule has 0 amide bonds. The highest BCUT2D eigenvalue weighted by Gasteiger charge is 2.24. The number of hydrogen-bond acceptors (Lipinski definition) is 6. The summed E-state index contributed by atoms with van der Waals surface area (Å²) in [5, 5.41) is 3.98. The van der Waals surface area contributed by atoms with Crippen LogP contribution in [0, 0.1) is 12.8 Å². The Bertz CT molecular complexity index is 443. The molecule has 21 heavy (non-hydrogen) atoms. The molecule has 118 valence electrons. The highest BCUT2D eigenvalue weighted by atomic mass is 16.5. The van der Waals surface area contributed by atoms with Crippen molar-refractivity contribution in [2.24, 2.45) is 5.92 Å². The second kappa shape index (κ2) is 6.85. The minimum atomic E-state index is 0.437. The van der Waals surface area contributed by atoms with E-state index in [1.807, 2.05) is 6.92 Å². The van der Waals surface area contributed by atoms with E-state index in [-0.39, 0.29) is 0 Å². The molecule has 1 aromatic heterocycles. The van der Waals surface area contributed by atoms with Gasteiger partial charge in [0.2, 0.25) is 5.89 Å². The van der Waals surface area contributed by atoms with Crippen molar-refractivity contribution in [1.29, 1.82) is 0 Å². The van der Waals surface area contributed by atoms with Crippen molar-refractivity contribution in [3.05, 3.63) is 11.7 Å². The Labute approximate surface area is 126 Å². The van der Waals surface area contributed by atoms with Crippen LogP contribution in [0.5, 0.6) is 0 Å². The largest absolute Gasteiger partial charge is 0.378 e. The van der Waals surface area contributed by atoms with Crippen molar-refractivity contribution in [3.63, 3.8) is 0 Å². The Morgan fingerprint density at radius 3 is 2.62 bits per heavy atom. The lowest BCUT2D eigenvalue weighted by atomic mass is 9.95. The predicted octanol–water partition coefficient (Wildman–Crippen LogP) is 1.31. The molecule has 0 spiro atoms. The molecule has 2 fully saturated rings. The fourth-order valence-corrected chi connectivity index (χ4v) is 3.36. The Hall–Kier alpha value is -0.980. The van der Waals surface area contributed by atoms with Crippen LogP contribution >= 0.6 is 0 Å². The average Bonchev–Trinajstić information content (AvgIpc) is 2.86. The molecule has 0 bridgehead atoms. The second-order valence-electron chi connectivity index (χ2n) is 6.38. The van der Waals surface area contributed by atoms with Gasteiger partial charge in [0.25, 0.3) is 0 Å². The minimum Gasteiger partial charge on any atom is -0.378 e. The fourth-order valence-electron chi connectivity index (χ4n) is 3.36. The summed E-state index contributed by atoms with van der Waals surface area (Å²) in [6.07, 6.45) is 2.86. The van der Waals surface area contributed by atoms with E-state index in [2.05, 4.69) is 26.9 Å². The van der Waals surface area contributed by atoms with Crippen LogP contribution < -0.4 is 0 Å². The van der Waals surface area contributed by atoms with Gasteiger partial charge in [0.1, 0.15) is 0 Å². The molecule has 0 N–H and O–H groups in total. The van der Waals surface area contributed by atoms with Gasteiger partial charge in [-0.05, 0) is 25.7 Å². The summed E-state index contributed by atoms with van der Waals surface area (Å²) in [6, 6.07) is 0. The van der Waals surface area contributed by atoms with E-state index >= 15 is 0 Å². The van der Waals surface area contributed by atoms with Gasteiger partial charge in [-0.25, -0.2) is 0 Å². The van der Waals surface area contributed by atoms with Gasteiger partial charge in [0, 0.05) is 46.3 Å². The van der Waals surface area contributed by atoms with E-state index in [0.717, 1.165) is 51.1 Å². The van der Waals surface area contributed by atoms with Crippen LogP contribution in [0.2, 0.25) is 0 Å². The first kappa shape index (κ1) is 14.9. The monoisotopic (exact) mass is 294 g/mol. The van der Waals surface area contributed by atoms with E-state index in [9.17, 15) is 0 Å². The normalized spacial score (nSPS) is 28.9. The van der Waals surface area contributed by atoms with Gasteiger partial charge in [-0.15, -0.1) is 0 Å². The third-order valence-electron chi connectivity index (χ3n) is 4.51. The number of aryl methyl sites for hydroxylation is 1. The number of piperazine rings is 1. The summed E-state index contributed by atoms with van der Waals surface area (Å²) < 4.78 is 10.7. The lowest BCUT2D eigenvalue weighted by Crippen LogP contribution is -2.48. The molecule has 3 rings (SSSR count). The minimum absolute atomic E-state index is 0.437. The van der Waals surface area contributed by atoms with Crippen molar-refractivity contribution in [2.45, 2.75) is 39.3 Å². The Morgan fingerprint density at radius 2 is 1.95 bits per heavy atom. The smallest absolute Gasteiger partial charge is 0.223 e. The van der Waals surface area contributed by atoms with E-state index in [1.165, 1.54) is 19.4 Å². The van der Waals surface area contributed by atoms with Crippen molar-refractivity contribution in [2.75, 3.05) is 39.3 Å². The quantitative estimate of drug-likeness (QED) is 0.834. The molecule has 0 radical (unpaired) electrons. The van der Waals surface area contributed by atoms with Gasteiger partial charge in [-0.1, -0.05) is 5.16 Å². The highest BCUT2D eigenvalue weighted by Crippen LogP contribution is 2.21. The van der Waals surface area contributed by atoms with Crippen LogP contribution in [0.1, 0.15) is 31.5 Å². The summed E-state index contributed by atoms with van der Waals surface area (Å²) in [4.78, 5) is 9.29. The molecule has 2 saturated heterocycles. The van der Waals surface area contributed by atoms with Crippen molar-refractivity contribution in [3.8, 4) is 0 Å². The number of ether oxygens (including phenoxy) is 1. The van der Waals surface area contributed by atoms with Gasteiger partial charge in [-0.3, -0.25) is 4.90 Å². The molecule has 0 saturated carbocycles. The molecule has 0 aliphatic carbocycles. The van der Waals surface area contributed by atoms with E-state index in [0.29, 0.717) is 12.0 Å². The Balaban J connectivity index is 1.40. The molecular formula is C15H26N4O2. The maximum atomic E-state index is 5.63. The zero-order valence-corrected chi connectivity index (χ0v) is 13.1. The third kappa shape index (κ3) is 4.25. The molecule has 3 heterocycles. The lowest BCUT2D eigenvalue weighted by molar-refractivity contribution is -0.00966. The lowest BCUT2D eigenvalue weighted by Gasteiger charge is -2.37. The summed E-state index contributed by atoms with van der Waals surface area (Å²) in [6.45, 7) is 11.5. The topological polar surface area (TPSA) is 54.6 Å². The second-order valence-corrected chi connectivity index (χ2v) is 6.38. The zero-order chi connectivity index (χ0) is 14.7. The van der Waals surface area contributed by atoms with Gasteiger partial charge < -0.3 is 14.2 Å². The summed E-state index contributed by atoms with van der Waals surface area (Å²) in [7, 11) is 0. The van der Waals surface area contributed by atoms with Crippen molar-refractivity contribution >= 4 is 0 Å². The third-order valence-corrected chi connectivity index (χ3v) is 4.51. The molecule has 2 atom stereocenters. The maximum Gasteiger partial charge on any atom is 0.223 e. The van der Waals surface area contributed by atoms with E-state index in [1.54, 1.807) is 0 Å². The first-order valence-corrected chi connectivity index (χ1v) is 8.04. The van der Waals surface area contributed by atoms with Crippen LogP contribution in [-0.2, 0) is 11.3 Å². The van der Waals surface area contributed by atoms with Gasteiger partial charge >= 0.3 is 0 Å². The van der Waals surface area contributed by atoms with Crippen LogP contribution in [0.15, 0.2) is 4.52 Å². The first-order chi connectivity index (χ1) is 10.2. The predicted molar refractivity (Wildman–Crippen MR) is 78.9 cm³/mol. The molecule has 2 aliphatic heterocycles. The standard InChI is InChI=1S/C15H26N4O2/c1-12-9-14(3-8-20-12)10-18-4-6-19(7-5-18)11-15-16-13(2)21-17-15/h12,14H,3-11H2,1-2H3/t12-,14+/m0/s1. The molecule has 6 heteroatoms. The van der Waals surface area contributed by atoms with E-state index < -0.39 is 0 Å². The summed E-state index contributed by atoms with van der Waals surface area (Å²) >= 11 is 0. The number of aromatic nitrogens is 2. The average molecular weight is 294 g/mol. The van der Waals surface area contributed by atoms with Crippen LogP contribution in [0.4, 0.5) is 0 Å². The number of rotatable bonds is 4. The number of nitrogens with zero attached hydrogens (tertiary/aromatic N) is 4. The maximum absolute atomic E-state index is 5.63. The SMILES string of the molecule is Cc1nc(CN2CCN(C[C@@H]3CCO[C@@H](C)C3)CC2)no1. The highest BCUT2D eigenvalue weighted by molar-refractivity contribution is 4.86. The van der Waals surface area contributed by atoms with Gasteiger partial charge in [0.05, 0.1) is 12.6 Å². The van der Waals surface area contributed by atoms with Gasteiger partial charge in [-0.2, -0.15) is 4.98 Å². The first-order valence-electron chi connectivity index (χ1n) is 8.04. The van der Waals surface area contributed by atoms with Crippen molar-refractivity contribution in [1.82, 2.24) is 19.9 Å². The Morgan fingerprint density at radius 1 is 1.19 bits per heavy atom. The Kier molecular flexibility index (Phi) is 4.87. The van der Waals surface area contributed by atoms with Crippen molar-refractivity contribution < 1.29 is 9.26 Å². The fraction of sp³-hybridized carbons (Fsp3) is 0.867. The molecule has 2 aliphatic rings. The molecule has 0 aromatic carbocycles. The summed E-state index contributed by atoms with van der Waals surface area (Å²) in [5.41, 5.74) is 0. The van der Waals surface area contributed by atoms with Gasteiger partial charge in [0.15, 0.2) is 5.82 Å². The van der Waals surface area contributed by atoms with Crippen LogP contribution in [-0.4, -0.2) is 65.4 Å². The van der Waals surface area contributed by atoms with E-state index in [4.69, 9.17) is 9.26 Å². The van der Waals surface area contributed by atoms with Crippen LogP contribution in [0.3, 0.4) is 0 Å². The summed E-state index contributed by atoms with van der Waals surface area (Å²) in [5.74, 6) is 2.26.